The molecule has 0 aliphatic heterocycles. The van der Waals surface area contributed by atoms with Crippen LogP contribution < -0.4 is 19.9 Å². The van der Waals surface area contributed by atoms with E-state index in [1.807, 2.05) is 5.32 Å². The van der Waals surface area contributed by atoms with Crippen LogP contribution in [0.4, 0.5) is 8.78 Å². The van der Waals surface area contributed by atoms with E-state index in [-0.39, 0.29) is 17.1 Å². The van der Waals surface area contributed by atoms with E-state index in [1.165, 1.54) is 14.2 Å². The molecule has 1 aromatic rings. The number of amides is 1. The number of halogens is 2. The van der Waals surface area contributed by atoms with Crippen molar-refractivity contribution in [3.63, 3.8) is 0 Å². The lowest BCUT2D eigenvalue weighted by atomic mass is 10.1. The second kappa shape index (κ2) is 6.68. The van der Waals surface area contributed by atoms with Gasteiger partial charge in [-0.05, 0) is 6.07 Å². The maximum absolute atomic E-state index is 12.1. The van der Waals surface area contributed by atoms with Crippen LogP contribution in [-0.4, -0.2) is 41.5 Å². The Morgan fingerprint density at radius 2 is 1.86 bits per heavy atom. The first kappa shape index (κ1) is 17.1. The Hall–Kier alpha value is -1.94. The molecule has 1 rings (SSSR count). The van der Waals surface area contributed by atoms with Crippen LogP contribution in [0.1, 0.15) is 10.4 Å². The molecule has 0 fully saturated rings. The number of ether oxygens (including phenoxy) is 2. The van der Waals surface area contributed by atoms with Gasteiger partial charge >= 0.3 is 0 Å². The maximum atomic E-state index is 12.1. The maximum Gasteiger partial charge on any atom is 0.255 e. The minimum Gasteiger partial charge on any atom is -0.496 e. The predicted molar refractivity (Wildman–Crippen MR) is 69.3 cm³/mol. The second-order valence-electron chi connectivity index (χ2n) is 3.85. The third-order valence-electron chi connectivity index (χ3n) is 2.45. The van der Waals surface area contributed by atoms with E-state index in [2.05, 4.69) is 0 Å². The van der Waals surface area contributed by atoms with Crippen LogP contribution in [0.15, 0.2) is 17.0 Å². The lowest BCUT2D eigenvalue weighted by Gasteiger charge is -2.13. The molecule has 0 bridgehead atoms. The standard InChI is InChI=1S/C11H14F2N2O5S/c1-19-7-4-8(20-2)9(21(14,17)18)3-6(7)11(16)15-5-10(12)13/h3-4,10H,5H2,1-2H3,(H,15,16)(H2,14,17,18). The summed E-state index contributed by atoms with van der Waals surface area (Å²) in [7, 11) is -1.73. The molecule has 0 saturated carbocycles. The fourth-order valence-electron chi connectivity index (χ4n) is 1.53. The quantitative estimate of drug-likeness (QED) is 0.785. The van der Waals surface area contributed by atoms with Gasteiger partial charge < -0.3 is 14.8 Å². The molecule has 10 heteroatoms. The Morgan fingerprint density at radius 1 is 1.29 bits per heavy atom. The first-order valence-corrected chi connectivity index (χ1v) is 7.10. The molecule has 0 aliphatic carbocycles. The Morgan fingerprint density at radius 3 is 2.29 bits per heavy atom. The molecule has 7 nitrogen and oxygen atoms in total. The summed E-state index contributed by atoms with van der Waals surface area (Å²) in [5.74, 6) is -1.08. The summed E-state index contributed by atoms with van der Waals surface area (Å²) in [6.45, 7) is -0.876. The molecule has 0 radical (unpaired) electrons. The largest absolute Gasteiger partial charge is 0.496 e. The van der Waals surface area contributed by atoms with Crippen molar-refractivity contribution >= 4 is 15.9 Å². The Balaban J connectivity index is 3.34. The monoisotopic (exact) mass is 324 g/mol. The van der Waals surface area contributed by atoms with E-state index in [1.54, 1.807) is 0 Å². The number of sulfonamides is 1. The van der Waals surface area contributed by atoms with E-state index in [0.717, 1.165) is 12.1 Å². The summed E-state index contributed by atoms with van der Waals surface area (Å²) in [4.78, 5) is 11.4. The van der Waals surface area contributed by atoms with Crippen molar-refractivity contribution in [3.8, 4) is 11.5 Å². The number of hydrogen-bond acceptors (Lipinski definition) is 5. The van der Waals surface area contributed by atoms with Crippen molar-refractivity contribution in [2.24, 2.45) is 5.14 Å². The molecule has 1 aromatic carbocycles. The van der Waals surface area contributed by atoms with Crippen LogP contribution in [0.5, 0.6) is 11.5 Å². The zero-order valence-electron chi connectivity index (χ0n) is 11.2. The fourth-order valence-corrected chi connectivity index (χ4v) is 2.24. The van der Waals surface area contributed by atoms with Gasteiger partial charge in [-0.2, -0.15) is 0 Å². The normalized spacial score (nSPS) is 11.3. The van der Waals surface area contributed by atoms with Gasteiger partial charge in [0.15, 0.2) is 0 Å². The highest BCUT2D eigenvalue weighted by Gasteiger charge is 2.23. The van der Waals surface area contributed by atoms with E-state index < -0.39 is 33.8 Å². The zero-order chi connectivity index (χ0) is 16.2. The van der Waals surface area contributed by atoms with Crippen molar-refractivity contribution in [1.29, 1.82) is 0 Å². The van der Waals surface area contributed by atoms with Gasteiger partial charge in [0, 0.05) is 6.07 Å². The minimum atomic E-state index is -4.17. The molecule has 0 aliphatic rings. The number of hydrogen-bond donors (Lipinski definition) is 2. The molecule has 3 N–H and O–H groups in total. The van der Waals surface area contributed by atoms with Crippen molar-refractivity contribution < 1.29 is 31.5 Å². The highest BCUT2D eigenvalue weighted by Crippen LogP contribution is 2.31. The van der Waals surface area contributed by atoms with E-state index in [4.69, 9.17) is 14.6 Å². The number of rotatable bonds is 6. The van der Waals surface area contributed by atoms with Crippen LogP contribution in [0.2, 0.25) is 0 Å². The summed E-state index contributed by atoms with van der Waals surface area (Å²) in [6.07, 6.45) is -2.74. The number of methoxy groups -OCH3 is 2. The van der Waals surface area contributed by atoms with Crippen LogP contribution in [0, 0.1) is 0 Å². The molecule has 1 amide bonds. The van der Waals surface area contributed by atoms with Gasteiger partial charge in [0.1, 0.15) is 16.4 Å². The van der Waals surface area contributed by atoms with Gasteiger partial charge in [-0.3, -0.25) is 4.79 Å². The number of alkyl halides is 2. The number of benzene rings is 1. The summed E-state index contributed by atoms with van der Waals surface area (Å²) in [5.41, 5.74) is -0.247. The number of primary sulfonamides is 1. The average Bonchev–Trinajstić information content (AvgIpc) is 2.42. The van der Waals surface area contributed by atoms with Gasteiger partial charge in [0.2, 0.25) is 10.0 Å². The molecule has 0 aromatic heterocycles. The van der Waals surface area contributed by atoms with E-state index in [9.17, 15) is 22.0 Å². The highest BCUT2D eigenvalue weighted by molar-refractivity contribution is 7.89. The van der Waals surface area contributed by atoms with Gasteiger partial charge in [-0.15, -0.1) is 0 Å². The summed E-state index contributed by atoms with van der Waals surface area (Å²) in [5, 5.41) is 6.96. The SMILES string of the molecule is COc1cc(OC)c(S(N)(=O)=O)cc1C(=O)NCC(F)F. The molecule has 0 heterocycles. The molecule has 0 spiro atoms. The zero-order valence-corrected chi connectivity index (χ0v) is 12.0. The second-order valence-corrected chi connectivity index (χ2v) is 5.38. The van der Waals surface area contributed by atoms with Crippen LogP contribution in [0.3, 0.4) is 0 Å². The predicted octanol–water partition coefficient (Wildman–Crippen LogP) is 0.346. The lowest BCUT2D eigenvalue weighted by Crippen LogP contribution is -2.29. The lowest BCUT2D eigenvalue weighted by molar-refractivity contribution is 0.0888. The van der Waals surface area contributed by atoms with Gasteiger partial charge in [-0.1, -0.05) is 0 Å². The molecule has 0 unspecified atom stereocenters. The van der Waals surface area contributed by atoms with Crippen molar-refractivity contribution in [3.05, 3.63) is 17.7 Å². The van der Waals surface area contributed by atoms with Gasteiger partial charge in [-0.25, -0.2) is 22.3 Å². The number of carbonyl (C=O) groups excluding carboxylic acids is 1. The summed E-state index contributed by atoms with van der Waals surface area (Å²) >= 11 is 0. The Bertz CT molecular complexity index is 634. The third-order valence-corrected chi connectivity index (χ3v) is 3.39. The number of carbonyl (C=O) groups is 1. The van der Waals surface area contributed by atoms with E-state index >= 15 is 0 Å². The van der Waals surface area contributed by atoms with E-state index in [0.29, 0.717) is 0 Å². The smallest absolute Gasteiger partial charge is 0.255 e. The highest BCUT2D eigenvalue weighted by atomic mass is 32.2. The molecular weight excluding hydrogens is 310 g/mol. The van der Waals surface area contributed by atoms with Gasteiger partial charge in [0.05, 0.1) is 26.3 Å². The third kappa shape index (κ3) is 4.26. The van der Waals surface area contributed by atoms with Crippen molar-refractivity contribution in [2.75, 3.05) is 20.8 Å². The summed E-state index contributed by atoms with van der Waals surface area (Å²) < 4.78 is 56.9. The Kier molecular flexibility index (Phi) is 5.44. The first-order valence-electron chi connectivity index (χ1n) is 5.55. The van der Waals surface area contributed by atoms with Crippen LogP contribution >= 0.6 is 0 Å². The molecule has 21 heavy (non-hydrogen) atoms. The molecule has 0 atom stereocenters. The molecule has 118 valence electrons. The minimum absolute atomic E-state index is 0.0361. The van der Waals surface area contributed by atoms with Crippen molar-refractivity contribution in [1.82, 2.24) is 5.32 Å². The number of nitrogens with one attached hydrogen (secondary N) is 1. The average molecular weight is 324 g/mol. The fraction of sp³-hybridized carbons (Fsp3) is 0.364. The molecule has 0 saturated heterocycles. The topological polar surface area (TPSA) is 108 Å². The number of nitrogens with two attached hydrogens (primary N) is 1. The summed E-state index contributed by atoms with van der Waals surface area (Å²) in [6, 6.07) is 2.05. The van der Waals surface area contributed by atoms with Crippen molar-refractivity contribution in [2.45, 2.75) is 11.3 Å². The van der Waals surface area contributed by atoms with Crippen LogP contribution in [0.25, 0.3) is 0 Å². The van der Waals surface area contributed by atoms with Gasteiger partial charge in [0.25, 0.3) is 12.3 Å². The Labute approximate surface area is 120 Å². The molecular formula is C11H14F2N2O5S. The van der Waals surface area contributed by atoms with Crippen LogP contribution in [-0.2, 0) is 10.0 Å². The first-order chi connectivity index (χ1) is 9.70.